The standard InChI is InChI=1S/C7H16N6/c1-4-12(2)6-5-8-7-9-10-11-13(7)3/h4-6H2,1-3H3,(H,8,9,11). The molecule has 0 aromatic carbocycles. The molecule has 6 nitrogen and oxygen atoms in total. The predicted octanol–water partition coefficient (Wildman–Crippen LogP) is -0.426. The Kier molecular flexibility index (Phi) is 3.63. The van der Waals surface area contributed by atoms with Crippen molar-refractivity contribution in [3.63, 3.8) is 0 Å². The zero-order chi connectivity index (χ0) is 9.68. The molecule has 1 heterocycles. The fourth-order valence-electron chi connectivity index (χ4n) is 0.896. The lowest BCUT2D eigenvalue weighted by Gasteiger charge is -2.13. The molecule has 1 N–H and O–H groups in total. The molecule has 0 spiro atoms. The third-order valence-electron chi connectivity index (χ3n) is 1.94. The van der Waals surface area contributed by atoms with Gasteiger partial charge in [0, 0.05) is 20.1 Å². The van der Waals surface area contributed by atoms with E-state index in [0.717, 1.165) is 19.6 Å². The minimum Gasteiger partial charge on any atom is -0.352 e. The molecule has 6 heteroatoms. The number of tetrazole rings is 1. The highest BCUT2D eigenvalue weighted by molar-refractivity contribution is 5.20. The summed E-state index contributed by atoms with van der Waals surface area (Å²) in [6.45, 7) is 5.03. The second-order valence-corrected chi connectivity index (χ2v) is 2.95. The van der Waals surface area contributed by atoms with Gasteiger partial charge in [0.25, 0.3) is 0 Å². The van der Waals surface area contributed by atoms with E-state index in [9.17, 15) is 0 Å². The molecule has 0 saturated carbocycles. The fraction of sp³-hybridized carbons (Fsp3) is 0.857. The first-order valence-electron chi connectivity index (χ1n) is 4.38. The summed E-state index contributed by atoms with van der Waals surface area (Å²) in [6, 6.07) is 0. The molecule has 0 radical (unpaired) electrons. The van der Waals surface area contributed by atoms with Crippen LogP contribution in [0.1, 0.15) is 6.92 Å². The van der Waals surface area contributed by atoms with Crippen molar-refractivity contribution in [3.05, 3.63) is 0 Å². The van der Waals surface area contributed by atoms with Crippen molar-refractivity contribution < 1.29 is 0 Å². The van der Waals surface area contributed by atoms with Crippen LogP contribution in [-0.4, -0.2) is 51.8 Å². The summed E-state index contributed by atoms with van der Waals surface area (Å²) in [7, 11) is 3.89. The molecule has 1 aromatic rings. The molecule has 0 aliphatic rings. The Morgan fingerprint density at radius 2 is 2.31 bits per heavy atom. The van der Waals surface area contributed by atoms with Crippen LogP contribution in [0.2, 0.25) is 0 Å². The molecule has 0 aliphatic heterocycles. The maximum absolute atomic E-state index is 3.81. The highest BCUT2D eigenvalue weighted by atomic mass is 15.6. The molecule has 1 aromatic heterocycles. The van der Waals surface area contributed by atoms with Gasteiger partial charge in [-0.3, -0.25) is 0 Å². The van der Waals surface area contributed by atoms with Crippen molar-refractivity contribution in [2.24, 2.45) is 7.05 Å². The Bertz CT molecular complexity index is 245. The van der Waals surface area contributed by atoms with E-state index in [-0.39, 0.29) is 0 Å². The monoisotopic (exact) mass is 184 g/mol. The van der Waals surface area contributed by atoms with E-state index in [1.807, 2.05) is 7.05 Å². The molecule has 13 heavy (non-hydrogen) atoms. The summed E-state index contributed by atoms with van der Waals surface area (Å²) < 4.78 is 1.62. The summed E-state index contributed by atoms with van der Waals surface area (Å²) in [5, 5.41) is 14.2. The Morgan fingerprint density at radius 3 is 2.85 bits per heavy atom. The molecule has 0 saturated heterocycles. The third kappa shape index (κ3) is 2.98. The van der Waals surface area contributed by atoms with Crippen molar-refractivity contribution in [2.75, 3.05) is 32.0 Å². The minimum absolute atomic E-state index is 0.713. The van der Waals surface area contributed by atoms with Crippen LogP contribution in [0.5, 0.6) is 0 Å². The average molecular weight is 184 g/mol. The average Bonchev–Trinajstić information content (AvgIpc) is 2.52. The first-order chi connectivity index (χ1) is 6.24. The lowest BCUT2D eigenvalue weighted by Crippen LogP contribution is -2.25. The molecule has 0 fully saturated rings. The van der Waals surface area contributed by atoms with Crippen LogP contribution in [-0.2, 0) is 7.05 Å². The van der Waals surface area contributed by atoms with Gasteiger partial charge in [0.2, 0.25) is 5.95 Å². The third-order valence-corrected chi connectivity index (χ3v) is 1.94. The minimum atomic E-state index is 0.713. The predicted molar refractivity (Wildman–Crippen MR) is 50.5 cm³/mol. The van der Waals surface area contributed by atoms with Crippen LogP contribution < -0.4 is 5.32 Å². The first-order valence-corrected chi connectivity index (χ1v) is 4.38. The van der Waals surface area contributed by atoms with Gasteiger partial charge in [-0.25, -0.2) is 4.68 Å². The highest BCUT2D eigenvalue weighted by Crippen LogP contribution is 1.94. The molecule has 0 aliphatic carbocycles. The van der Waals surface area contributed by atoms with Gasteiger partial charge < -0.3 is 10.2 Å². The maximum Gasteiger partial charge on any atom is 0.242 e. The molecule has 0 atom stereocenters. The fourth-order valence-corrected chi connectivity index (χ4v) is 0.896. The Morgan fingerprint density at radius 1 is 1.54 bits per heavy atom. The summed E-state index contributed by atoms with van der Waals surface area (Å²) in [5.74, 6) is 0.713. The number of aromatic nitrogens is 4. The van der Waals surface area contributed by atoms with E-state index in [0.29, 0.717) is 5.95 Å². The van der Waals surface area contributed by atoms with Gasteiger partial charge in [-0.1, -0.05) is 12.0 Å². The smallest absolute Gasteiger partial charge is 0.242 e. The lowest BCUT2D eigenvalue weighted by atomic mass is 10.5. The summed E-state index contributed by atoms with van der Waals surface area (Å²) >= 11 is 0. The van der Waals surface area contributed by atoms with Crippen molar-refractivity contribution in [1.29, 1.82) is 0 Å². The molecule has 0 amide bonds. The molecule has 0 bridgehead atoms. The number of hydrogen-bond acceptors (Lipinski definition) is 5. The van der Waals surface area contributed by atoms with Crippen molar-refractivity contribution in [2.45, 2.75) is 6.92 Å². The summed E-state index contributed by atoms with van der Waals surface area (Å²) in [6.07, 6.45) is 0. The highest BCUT2D eigenvalue weighted by Gasteiger charge is 2.00. The topological polar surface area (TPSA) is 58.9 Å². The number of aryl methyl sites for hydroxylation is 1. The van der Waals surface area contributed by atoms with E-state index in [2.05, 4.69) is 39.7 Å². The summed E-state index contributed by atoms with van der Waals surface area (Å²) in [4.78, 5) is 2.22. The van der Waals surface area contributed by atoms with E-state index in [1.54, 1.807) is 4.68 Å². The van der Waals surface area contributed by atoms with Gasteiger partial charge in [-0.2, -0.15) is 0 Å². The van der Waals surface area contributed by atoms with Crippen LogP contribution >= 0.6 is 0 Å². The van der Waals surface area contributed by atoms with Crippen LogP contribution in [0.15, 0.2) is 0 Å². The van der Waals surface area contributed by atoms with E-state index in [4.69, 9.17) is 0 Å². The van der Waals surface area contributed by atoms with Gasteiger partial charge >= 0.3 is 0 Å². The van der Waals surface area contributed by atoms with Gasteiger partial charge in [-0.05, 0) is 24.0 Å². The Hall–Kier alpha value is -1.17. The molecular formula is C7H16N6. The van der Waals surface area contributed by atoms with Crippen LogP contribution in [0.3, 0.4) is 0 Å². The first kappa shape index (κ1) is 9.91. The molecule has 1 rings (SSSR count). The number of likely N-dealkylation sites (N-methyl/N-ethyl adjacent to an activating group) is 1. The van der Waals surface area contributed by atoms with Crippen LogP contribution in [0.25, 0.3) is 0 Å². The van der Waals surface area contributed by atoms with Crippen molar-refractivity contribution in [1.82, 2.24) is 25.1 Å². The number of hydrogen-bond donors (Lipinski definition) is 1. The van der Waals surface area contributed by atoms with Crippen molar-refractivity contribution in [3.8, 4) is 0 Å². The second-order valence-electron chi connectivity index (χ2n) is 2.95. The van der Waals surface area contributed by atoms with Crippen molar-refractivity contribution >= 4 is 5.95 Å². The number of nitrogens with zero attached hydrogens (tertiary/aromatic N) is 5. The SMILES string of the molecule is CCN(C)CCNc1nnnn1C. The molecular weight excluding hydrogens is 168 g/mol. The zero-order valence-corrected chi connectivity index (χ0v) is 8.36. The zero-order valence-electron chi connectivity index (χ0n) is 8.36. The Balaban J connectivity index is 2.24. The number of rotatable bonds is 5. The van der Waals surface area contributed by atoms with E-state index < -0.39 is 0 Å². The van der Waals surface area contributed by atoms with Gasteiger partial charge in [0.1, 0.15) is 0 Å². The number of anilines is 1. The largest absolute Gasteiger partial charge is 0.352 e. The van der Waals surface area contributed by atoms with Crippen LogP contribution in [0.4, 0.5) is 5.95 Å². The second kappa shape index (κ2) is 4.76. The Labute approximate surface area is 77.9 Å². The van der Waals surface area contributed by atoms with Gasteiger partial charge in [-0.15, -0.1) is 0 Å². The van der Waals surface area contributed by atoms with Gasteiger partial charge in [0.15, 0.2) is 0 Å². The summed E-state index contributed by atoms with van der Waals surface area (Å²) in [5.41, 5.74) is 0. The maximum atomic E-state index is 3.81. The molecule has 0 unspecified atom stereocenters. The lowest BCUT2D eigenvalue weighted by molar-refractivity contribution is 0.366. The van der Waals surface area contributed by atoms with E-state index in [1.165, 1.54) is 0 Å². The van der Waals surface area contributed by atoms with E-state index >= 15 is 0 Å². The normalized spacial score (nSPS) is 10.8. The molecule has 74 valence electrons. The number of nitrogens with one attached hydrogen (secondary N) is 1. The van der Waals surface area contributed by atoms with Crippen LogP contribution in [0, 0.1) is 0 Å². The van der Waals surface area contributed by atoms with Gasteiger partial charge in [0.05, 0.1) is 0 Å². The quantitative estimate of drug-likeness (QED) is 0.673.